The van der Waals surface area contributed by atoms with Crippen LogP contribution in [0.5, 0.6) is 0 Å². The molecule has 0 fully saturated rings. The highest BCUT2D eigenvalue weighted by Crippen LogP contribution is 2.25. The third-order valence-electron chi connectivity index (χ3n) is 2.98. The molecule has 2 rings (SSSR count). The van der Waals surface area contributed by atoms with Crippen molar-refractivity contribution < 1.29 is 14.7 Å². The SMILES string of the molecule is CN(C(=O)O)[C@H]1C(=O)NCCc2ccccc21. The van der Waals surface area contributed by atoms with Gasteiger partial charge in [-0.15, -0.1) is 0 Å². The van der Waals surface area contributed by atoms with Gasteiger partial charge in [-0.1, -0.05) is 24.3 Å². The minimum absolute atomic E-state index is 0.264. The van der Waals surface area contributed by atoms with E-state index >= 15 is 0 Å². The molecule has 1 heterocycles. The number of benzene rings is 1. The van der Waals surface area contributed by atoms with E-state index in [-0.39, 0.29) is 5.91 Å². The molecule has 17 heavy (non-hydrogen) atoms. The Labute approximate surface area is 99.0 Å². The second kappa shape index (κ2) is 4.45. The van der Waals surface area contributed by atoms with Crippen LogP contribution in [-0.2, 0) is 11.2 Å². The zero-order chi connectivity index (χ0) is 12.4. The molecule has 0 saturated carbocycles. The second-order valence-corrected chi connectivity index (χ2v) is 4.04. The maximum atomic E-state index is 11.9. The molecular weight excluding hydrogens is 220 g/mol. The molecule has 0 spiro atoms. The van der Waals surface area contributed by atoms with Gasteiger partial charge in [0.05, 0.1) is 0 Å². The first-order chi connectivity index (χ1) is 8.11. The van der Waals surface area contributed by atoms with Gasteiger partial charge in [0.25, 0.3) is 0 Å². The summed E-state index contributed by atoms with van der Waals surface area (Å²) in [5.74, 6) is -0.264. The first-order valence-electron chi connectivity index (χ1n) is 5.42. The molecule has 0 saturated heterocycles. The summed E-state index contributed by atoms with van der Waals surface area (Å²) in [5.41, 5.74) is 1.79. The lowest BCUT2D eigenvalue weighted by Gasteiger charge is -2.24. The molecule has 0 radical (unpaired) electrons. The Bertz CT molecular complexity index is 459. The van der Waals surface area contributed by atoms with Crippen LogP contribution in [0.15, 0.2) is 24.3 Å². The van der Waals surface area contributed by atoms with E-state index in [1.54, 1.807) is 0 Å². The van der Waals surface area contributed by atoms with Crippen LogP contribution in [0.4, 0.5) is 4.79 Å². The van der Waals surface area contributed by atoms with Gasteiger partial charge in [-0.25, -0.2) is 4.79 Å². The van der Waals surface area contributed by atoms with E-state index in [4.69, 9.17) is 5.11 Å². The topological polar surface area (TPSA) is 69.6 Å². The molecule has 2 amide bonds. The third kappa shape index (κ3) is 2.08. The standard InChI is InChI=1S/C12H14N2O3/c1-14(12(16)17)10-9-5-3-2-4-8(9)6-7-13-11(10)15/h2-5,10H,6-7H2,1H3,(H,13,15)(H,16,17)/t10-/m1/s1. The van der Waals surface area contributed by atoms with E-state index in [1.165, 1.54) is 7.05 Å². The molecule has 0 aliphatic carbocycles. The number of fused-ring (bicyclic) bond motifs is 1. The highest BCUT2D eigenvalue weighted by molar-refractivity contribution is 5.87. The zero-order valence-electron chi connectivity index (χ0n) is 9.51. The van der Waals surface area contributed by atoms with E-state index in [1.807, 2.05) is 24.3 Å². The van der Waals surface area contributed by atoms with Crippen molar-refractivity contribution >= 4 is 12.0 Å². The summed E-state index contributed by atoms with van der Waals surface area (Å²) in [6.07, 6.45) is -0.381. The molecule has 2 N–H and O–H groups in total. The van der Waals surface area contributed by atoms with Crippen molar-refractivity contribution in [1.29, 1.82) is 0 Å². The maximum Gasteiger partial charge on any atom is 0.407 e. The Balaban J connectivity index is 2.47. The number of carbonyl (C=O) groups excluding carboxylic acids is 1. The normalized spacial score (nSPS) is 18.9. The van der Waals surface area contributed by atoms with Crippen LogP contribution in [0.25, 0.3) is 0 Å². The van der Waals surface area contributed by atoms with Crippen molar-refractivity contribution in [3.63, 3.8) is 0 Å². The Kier molecular flexibility index (Phi) is 2.99. The molecule has 1 aliphatic rings. The van der Waals surface area contributed by atoms with E-state index in [2.05, 4.69) is 5.32 Å². The maximum absolute atomic E-state index is 11.9. The predicted molar refractivity (Wildman–Crippen MR) is 61.7 cm³/mol. The molecule has 0 aromatic heterocycles. The molecule has 5 heteroatoms. The Morgan fingerprint density at radius 2 is 2.18 bits per heavy atom. The van der Waals surface area contributed by atoms with Crippen molar-refractivity contribution in [2.24, 2.45) is 0 Å². The number of likely N-dealkylation sites (N-methyl/N-ethyl adjacent to an activating group) is 1. The van der Waals surface area contributed by atoms with Crippen LogP contribution in [0.3, 0.4) is 0 Å². The summed E-state index contributed by atoms with van der Waals surface area (Å²) in [5, 5.41) is 11.7. The number of carboxylic acid groups (broad SMARTS) is 1. The molecule has 1 aliphatic heterocycles. The number of hydrogen-bond donors (Lipinski definition) is 2. The number of amides is 2. The van der Waals surface area contributed by atoms with Gasteiger partial charge >= 0.3 is 6.09 Å². The molecule has 0 bridgehead atoms. The van der Waals surface area contributed by atoms with Crippen LogP contribution in [0.1, 0.15) is 17.2 Å². The van der Waals surface area contributed by atoms with Crippen LogP contribution >= 0.6 is 0 Å². The smallest absolute Gasteiger partial charge is 0.407 e. The Hall–Kier alpha value is -2.04. The third-order valence-corrected chi connectivity index (χ3v) is 2.98. The van der Waals surface area contributed by atoms with Gasteiger partial charge in [-0.3, -0.25) is 9.69 Å². The van der Waals surface area contributed by atoms with E-state index in [0.717, 1.165) is 22.4 Å². The molecule has 90 valence electrons. The number of carbonyl (C=O) groups is 2. The van der Waals surface area contributed by atoms with Gasteiger partial charge in [0, 0.05) is 13.6 Å². The fourth-order valence-corrected chi connectivity index (χ4v) is 2.08. The minimum atomic E-state index is -1.11. The number of rotatable bonds is 1. The highest BCUT2D eigenvalue weighted by atomic mass is 16.4. The minimum Gasteiger partial charge on any atom is -0.465 e. The first-order valence-corrected chi connectivity index (χ1v) is 5.42. The van der Waals surface area contributed by atoms with Crippen LogP contribution in [-0.4, -0.2) is 35.6 Å². The zero-order valence-corrected chi connectivity index (χ0v) is 9.51. The number of hydrogen-bond acceptors (Lipinski definition) is 2. The molecule has 1 aromatic rings. The summed E-state index contributed by atoms with van der Waals surface area (Å²) < 4.78 is 0. The monoisotopic (exact) mass is 234 g/mol. The average molecular weight is 234 g/mol. The van der Waals surface area contributed by atoms with E-state index in [0.29, 0.717) is 6.54 Å². The summed E-state index contributed by atoms with van der Waals surface area (Å²) in [6, 6.07) is 6.70. The fourth-order valence-electron chi connectivity index (χ4n) is 2.08. The van der Waals surface area contributed by atoms with E-state index in [9.17, 15) is 9.59 Å². The number of nitrogens with one attached hydrogen (secondary N) is 1. The van der Waals surface area contributed by atoms with Crippen molar-refractivity contribution in [2.45, 2.75) is 12.5 Å². The van der Waals surface area contributed by atoms with Gasteiger partial charge in [0.15, 0.2) is 0 Å². The molecule has 1 aromatic carbocycles. The van der Waals surface area contributed by atoms with Crippen molar-refractivity contribution in [3.8, 4) is 0 Å². The molecule has 5 nitrogen and oxygen atoms in total. The Morgan fingerprint density at radius 3 is 2.88 bits per heavy atom. The molecule has 0 unspecified atom stereocenters. The summed E-state index contributed by atoms with van der Waals surface area (Å²) in [4.78, 5) is 24.0. The summed E-state index contributed by atoms with van der Waals surface area (Å²) in [7, 11) is 1.41. The average Bonchev–Trinajstić information content (AvgIpc) is 2.46. The van der Waals surface area contributed by atoms with Gasteiger partial charge in [0.2, 0.25) is 5.91 Å². The second-order valence-electron chi connectivity index (χ2n) is 4.04. The lowest BCUT2D eigenvalue weighted by molar-refractivity contribution is -0.125. The Morgan fingerprint density at radius 1 is 1.47 bits per heavy atom. The molecule has 1 atom stereocenters. The van der Waals surface area contributed by atoms with Crippen molar-refractivity contribution in [3.05, 3.63) is 35.4 Å². The van der Waals surface area contributed by atoms with Gasteiger partial charge in [0.1, 0.15) is 6.04 Å². The highest BCUT2D eigenvalue weighted by Gasteiger charge is 2.31. The van der Waals surface area contributed by atoms with E-state index < -0.39 is 12.1 Å². The predicted octanol–water partition coefficient (Wildman–Crippen LogP) is 1.01. The molecular formula is C12H14N2O3. The van der Waals surface area contributed by atoms with Crippen molar-refractivity contribution in [2.75, 3.05) is 13.6 Å². The quantitative estimate of drug-likeness (QED) is 0.762. The van der Waals surface area contributed by atoms with Crippen LogP contribution < -0.4 is 5.32 Å². The van der Waals surface area contributed by atoms with Crippen LogP contribution in [0, 0.1) is 0 Å². The lowest BCUT2D eigenvalue weighted by atomic mass is 9.98. The largest absolute Gasteiger partial charge is 0.465 e. The lowest BCUT2D eigenvalue weighted by Crippen LogP contribution is -2.40. The number of nitrogens with zero attached hydrogens (tertiary/aromatic N) is 1. The fraction of sp³-hybridized carbons (Fsp3) is 0.333. The van der Waals surface area contributed by atoms with Crippen molar-refractivity contribution in [1.82, 2.24) is 10.2 Å². The summed E-state index contributed by atoms with van der Waals surface area (Å²) >= 11 is 0. The van der Waals surface area contributed by atoms with Crippen LogP contribution in [0.2, 0.25) is 0 Å². The first kappa shape index (κ1) is 11.4. The van der Waals surface area contributed by atoms with Gasteiger partial charge < -0.3 is 10.4 Å². The van der Waals surface area contributed by atoms with Gasteiger partial charge in [-0.2, -0.15) is 0 Å². The summed E-state index contributed by atoms with van der Waals surface area (Å²) in [6.45, 7) is 0.541. The van der Waals surface area contributed by atoms with Gasteiger partial charge in [-0.05, 0) is 17.5 Å².